The number of nitrogens with two attached hydrogens (primary N) is 1. The fraction of sp³-hybridized carbons (Fsp3) is 0.833. The summed E-state index contributed by atoms with van der Waals surface area (Å²) >= 11 is 0. The van der Waals surface area contributed by atoms with E-state index in [4.69, 9.17) is 10.5 Å². The van der Waals surface area contributed by atoms with Gasteiger partial charge in [-0.15, -0.1) is 0 Å². The standard InChI is InChI=1S/C12H23N3O3/c1-7(2)11(13)12(17)14-6-10(16)15-8-4-9(5-8)18-3/h7-9,11H,4-6,13H2,1-3H3,(H,14,17)(H,15,16)/t8?,9?,11-/m0/s1. The molecule has 6 heteroatoms. The minimum absolute atomic E-state index is 0.0204. The van der Waals surface area contributed by atoms with E-state index in [1.54, 1.807) is 7.11 Å². The molecule has 1 aliphatic carbocycles. The van der Waals surface area contributed by atoms with Crippen molar-refractivity contribution in [1.82, 2.24) is 10.6 Å². The summed E-state index contributed by atoms with van der Waals surface area (Å²) in [7, 11) is 1.66. The molecule has 1 atom stereocenters. The Bertz CT molecular complexity index is 301. The number of carbonyl (C=O) groups is 2. The molecular formula is C12H23N3O3. The Kier molecular flexibility index (Phi) is 5.55. The average Bonchev–Trinajstić information content (AvgIpc) is 2.28. The zero-order chi connectivity index (χ0) is 13.7. The van der Waals surface area contributed by atoms with Gasteiger partial charge in [-0.2, -0.15) is 0 Å². The summed E-state index contributed by atoms with van der Waals surface area (Å²) in [6, 6.07) is -0.405. The first-order chi connectivity index (χ1) is 8.43. The second kappa shape index (κ2) is 6.70. The molecule has 18 heavy (non-hydrogen) atoms. The first-order valence-corrected chi connectivity index (χ1v) is 6.29. The maximum atomic E-state index is 11.5. The second-order valence-corrected chi connectivity index (χ2v) is 5.08. The van der Waals surface area contributed by atoms with Gasteiger partial charge < -0.3 is 21.1 Å². The summed E-state index contributed by atoms with van der Waals surface area (Å²) in [6.07, 6.45) is 1.92. The molecule has 0 aliphatic heterocycles. The highest BCUT2D eigenvalue weighted by atomic mass is 16.5. The number of amides is 2. The van der Waals surface area contributed by atoms with Crippen LogP contribution >= 0.6 is 0 Å². The van der Waals surface area contributed by atoms with Crippen LogP contribution in [0.25, 0.3) is 0 Å². The molecule has 2 amide bonds. The molecular weight excluding hydrogens is 234 g/mol. The van der Waals surface area contributed by atoms with Gasteiger partial charge in [0.15, 0.2) is 0 Å². The predicted molar refractivity (Wildman–Crippen MR) is 67.8 cm³/mol. The van der Waals surface area contributed by atoms with E-state index in [-0.39, 0.29) is 36.4 Å². The Morgan fingerprint density at radius 1 is 1.39 bits per heavy atom. The molecule has 0 heterocycles. The summed E-state index contributed by atoms with van der Waals surface area (Å²) in [4.78, 5) is 23.1. The van der Waals surface area contributed by atoms with Crippen molar-refractivity contribution in [3.8, 4) is 0 Å². The van der Waals surface area contributed by atoms with Crippen LogP contribution in [0.5, 0.6) is 0 Å². The van der Waals surface area contributed by atoms with Crippen LogP contribution in [0.2, 0.25) is 0 Å². The molecule has 0 saturated heterocycles. The number of carbonyl (C=O) groups excluding carboxylic acids is 2. The highest BCUT2D eigenvalue weighted by Crippen LogP contribution is 2.22. The average molecular weight is 257 g/mol. The number of hydrogen-bond donors (Lipinski definition) is 3. The predicted octanol–water partition coefficient (Wildman–Crippen LogP) is -0.620. The van der Waals surface area contributed by atoms with E-state index in [0.717, 1.165) is 12.8 Å². The highest BCUT2D eigenvalue weighted by Gasteiger charge is 2.30. The molecule has 0 spiro atoms. The third-order valence-electron chi connectivity index (χ3n) is 3.24. The summed E-state index contributed by atoms with van der Waals surface area (Å²) in [5, 5.41) is 5.36. The molecule has 6 nitrogen and oxygen atoms in total. The van der Waals surface area contributed by atoms with Crippen molar-refractivity contribution in [3.63, 3.8) is 0 Å². The van der Waals surface area contributed by atoms with E-state index in [2.05, 4.69) is 10.6 Å². The number of ether oxygens (including phenoxy) is 1. The SMILES string of the molecule is COC1CC(NC(=O)CNC(=O)[C@@H](N)C(C)C)C1. The van der Waals surface area contributed by atoms with Crippen molar-refractivity contribution in [3.05, 3.63) is 0 Å². The molecule has 1 aliphatic rings. The van der Waals surface area contributed by atoms with Gasteiger partial charge in [0.05, 0.1) is 18.7 Å². The number of rotatable bonds is 6. The van der Waals surface area contributed by atoms with Gasteiger partial charge in [0.25, 0.3) is 0 Å². The van der Waals surface area contributed by atoms with Crippen LogP contribution < -0.4 is 16.4 Å². The molecule has 104 valence electrons. The molecule has 1 saturated carbocycles. The Hall–Kier alpha value is -1.14. The summed E-state index contributed by atoms with van der Waals surface area (Å²) in [5.41, 5.74) is 5.66. The Balaban J connectivity index is 2.16. The summed E-state index contributed by atoms with van der Waals surface area (Å²) in [6.45, 7) is 3.71. The minimum Gasteiger partial charge on any atom is -0.381 e. The minimum atomic E-state index is -0.570. The van der Waals surface area contributed by atoms with Crippen molar-refractivity contribution in [2.75, 3.05) is 13.7 Å². The molecule has 1 rings (SSSR count). The van der Waals surface area contributed by atoms with Gasteiger partial charge in [-0.25, -0.2) is 0 Å². The Morgan fingerprint density at radius 3 is 2.50 bits per heavy atom. The molecule has 1 fully saturated rings. The van der Waals surface area contributed by atoms with Gasteiger partial charge >= 0.3 is 0 Å². The van der Waals surface area contributed by atoms with Gasteiger partial charge in [0.2, 0.25) is 11.8 Å². The van der Waals surface area contributed by atoms with Gasteiger partial charge in [0, 0.05) is 13.2 Å². The van der Waals surface area contributed by atoms with Crippen molar-refractivity contribution in [2.24, 2.45) is 11.7 Å². The highest BCUT2D eigenvalue weighted by molar-refractivity contribution is 5.87. The van der Waals surface area contributed by atoms with Crippen molar-refractivity contribution in [1.29, 1.82) is 0 Å². The van der Waals surface area contributed by atoms with Crippen LogP contribution in [0, 0.1) is 5.92 Å². The van der Waals surface area contributed by atoms with Crippen molar-refractivity contribution < 1.29 is 14.3 Å². The van der Waals surface area contributed by atoms with Gasteiger partial charge in [-0.1, -0.05) is 13.8 Å². The zero-order valence-electron chi connectivity index (χ0n) is 11.2. The molecule has 4 N–H and O–H groups in total. The van der Waals surface area contributed by atoms with Crippen molar-refractivity contribution >= 4 is 11.8 Å². The smallest absolute Gasteiger partial charge is 0.239 e. The lowest BCUT2D eigenvalue weighted by Crippen LogP contribution is -2.52. The monoisotopic (exact) mass is 257 g/mol. The van der Waals surface area contributed by atoms with Gasteiger partial charge in [-0.3, -0.25) is 9.59 Å². The topological polar surface area (TPSA) is 93.5 Å². The van der Waals surface area contributed by atoms with E-state index in [0.29, 0.717) is 0 Å². The van der Waals surface area contributed by atoms with E-state index in [1.807, 2.05) is 13.8 Å². The lowest BCUT2D eigenvalue weighted by Gasteiger charge is -2.34. The number of hydrogen-bond acceptors (Lipinski definition) is 4. The molecule has 0 aromatic heterocycles. The molecule has 0 unspecified atom stereocenters. The normalized spacial score (nSPS) is 24.3. The van der Waals surface area contributed by atoms with Crippen LogP contribution in [0.1, 0.15) is 26.7 Å². The van der Waals surface area contributed by atoms with E-state index >= 15 is 0 Å². The third-order valence-corrected chi connectivity index (χ3v) is 3.24. The van der Waals surface area contributed by atoms with E-state index in [9.17, 15) is 9.59 Å². The van der Waals surface area contributed by atoms with Crippen LogP contribution in [0.4, 0.5) is 0 Å². The van der Waals surface area contributed by atoms with E-state index in [1.165, 1.54) is 0 Å². The second-order valence-electron chi connectivity index (χ2n) is 5.08. The first-order valence-electron chi connectivity index (χ1n) is 6.29. The summed E-state index contributed by atoms with van der Waals surface area (Å²) in [5.74, 6) is -0.412. The van der Waals surface area contributed by atoms with Gasteiger partial charge in [0.1, 0.15) is 0 Å². The lowest BCUT2D eigenvalue weighted by atomic mass is 9.89. The largest absolute Gasteiger partial charge is 0.381 e. The van der Waals surface area contributed by atoms with Crippen molar-refractivity contribution in [2.45, 2.75) is 44.9 Å². The maximum absolute atomic E-state index is 11.5. The fourth-order valence-corrected chi connectivity index (χ4v) is 1.74. The Morgan fingerprint density at radius 2 is 2.00 bits per heavy atom. The van der Waals surface area contributed by atoms with Crippen LogP contribution in [-0.2, 0) is 14.3 Å². The Labute approximate surface area is 108 Å². The number of nitrogens with one attached hydrogen (secondary N) is 2. The lowest BCUT2D eigenvalue weighted by molar-refractivity contribution is -0.128. The van der Waals surface area contributed by atoms with Gasteiger partial charge in [-0.05, 0) is 18.8 Å². The first kappa shape index (κ1) is 14.9. The molecule has 0 aromatic carbocycles. The molecule has 0 aromatic rings. The maximum Gasteiger partial charge on any atom is 0.239 e. The van der Waals surface area contributed by atoms with Crippen LogP contribution in [0.15, 0.2) is 0 Å². The van der Waals surface area contributed by atoms with Crippen LogP contribution in [0.3, 0.4) is 0 Å². The van der Waals surface area contributed by atoms with Crippen LogP contribution in [-0.4, -0.2) is 43.7 Å². The third kappa shape index (κ3) is 4.27. The number of methoxy groups -OCH3 is 1. The fourth-order valence-electron chi connectivity index (χ4n) is 1.74. The van der Waals surface area contributed by atoms with E-state index < -0.39 is 6.04 Å². The summed E-state index contributed by atoms with van der Waals surface area (Å²) < 4.78 is 5.12. The zero-order valence-corrected chi connectivity index (χ0v) is 11.2. The molecule has 0 radical (unpaired) electrons. The quantitative estimate of drug-likeness (QED) is 0.591. The molecule has 0 bridgehead atoms.